The Hall–Kier alpha value is -1.35. The fourth-order valence-corrected chi connectivity index (χ4v) is 2.66. The highest BCUT2D eigenvalue weighted by atomic mass is 16.2. The maximum atomic E-state index is 12.1. The first-order valence-corrected chi connectivity index (χ1v) is 6.73. The second-order valence-corrected chi connectivity index (χ2v) is 5.49. The molecule has 1 fully saturated rings. The van der Waals surface area contributed by atoms with Crippen molar-refractivity contribution >= 4 is 11.6 Å². The Kier molecular flexibility index (Phi) is 4.02. The van der Waals surface area contributed by atoms with Gasteiger partial charge in [0.05, 0.1) is 6.04 Å². The van der Waals surface area contributed by atoms with Crippen LogP contribution in [0.4, 0.5) is 5.69 Å². The van der Waals surface area contributed by atoms with E-state index in [2.05, 4.69) is 17.6 Å². The molecule has 2 rings (SSSR count). The maximum Gasteiger partial charge on any atom is 0.241 e. The first-order chi connectivity index (χ1) is 8.59. The van der Waals surface area contributed by atoms with Crippen molar-refractivity contribution in [3.05, 3.63) is 30.3 Å². The molecule has 1 aliphatic carbocycles. The minimum absolute atomic E-state index is 0.0364. The zero-order valence-electron chi connectivity index (χ0n) is 11.2. The Labute approximate surface area is 109 Å². The lowest BCUT2D eigenvalue weighted by Gasteiger charge is -2.29. The number of carbonyl (C=O) groups excluding carboxylic acids is 1. The van der Waals surface area contributed by atoms with E-state index in [1.807, 2.05) is 37.3 Å². The number of para-hydroxylation sites is 1. The second kappa shape index (κ2) is 5.53. The predicted molar refractivity (Wildman–Crippen MR) is 74.5 cm³/mol. The van der Waals surface area contributed by atoms with Gasteiger partial charge in [0.2, 0.25) is 5.91 Å². The predicted octanol–water partition coefficient (Wildman–Crippen LogP) is 2.94. The molecule has 1 atom stereocenters. The van der Waals surface area contributed by atoms with Crippen molar-refractivity contribution in [2.24, 2.45) is 0 Å². The summed E-state index contributed by atoms with van der Waals surface area (Å²) < 4.78 is 0. The highest BCUT2D eigenvalue weighted by molar-refractivity contribution is 5.94. The lowest BCUT2D eigenvalue weighted by molar-refractivity contribution is -0.118. The first-order valence-electron chi connectivity index (χ1n) is 6.73. The van der Waals surface area contributed by atoms with Crippen molar-refractivity contribution in [3.8, 4) is 0 Å². The number of benzene rings is 1. The van der Waals surface area contributed by atoms with Crippen LogP contribution < -0.4 is 10.6 Å². The average molecular weight is 246 g/mol. The summed E-state index contributed by atoms with van der Waals surface area (Å²) >= 11 is 0. The number of nitrogens with one attached hydrogen (secondary N) is 2. The van der Waals surface area contributed by atoms with Crippen LogP contribution in [0.2, 0.25) is 0 Å². The summed E-state index contributed by atoms with van der Waals surface area (Å²) in [5.41, 5.74) is 0.987. The molecule has 0 heterocycles. The monoisotopic (exact) mass is 246 g/mol. The van der Waals surface area contributed by atoms with Gasteiger partial charge in [-0.3, -0.25) is 4.79 Å². The van der Waals surface area contributed by atoms with E-state index in [0.717, 1.165) is 18.5 Å². The van der Waals surface area contributed by atoms with Crippen LogP contribution >= 0.6 is 0 Å². The molecular weight excluding hydrogens is 224 g/mol. The van der Waals surface area contributed by atoms with Crippen LogP contribution in [0.3, 0.4) is 0 Å². The molecule has 1 aromatic rings. The SMILES string of the molecule is CC(NC1(C)CCCC1)C(=O)Nc1ccccc1. The largest absolute Gasteiger partial charge is 0.325 e. The van der Waals surface area contributed by atoms with Gasteiger partial charge in [0.25, 0.3) is 0 Å². The van der Waals surface area contributed by atoms with E-state index >= 15 is 0 Å². The number of rotatable bonds is 4. The Morgan fingerprint density at radius 1 is 1.22 bits per heavy atom. The van der Waals surface area contributed by atoms with Crippen molar-refractivity contribution in [1.29, 1.82) is 0 Å². The van der Waals surface area contributed by atoms with Gasteiger partial charge in [-0.1, -0.05) is 31.0 Å². The van der Waals surface area contributed by atoms with Crippen LogP contribution in [-0.4, -0.2) is 17.5 Å². The minimum atomic E-state index is -0.159. The van der Waals surface area contributed by atoms with E-state index in [-0.39, 0.29) is 17.5 Å². The van der Waals surface area contributed by atoms with Gasteiger partial charge in [0.1, 0.15) is 0 Å². The van der Waals surface area contributed by atoms with Crippen molar-refractivity contribution < 1.29 is 4.79 Å². The average Bonchev–Trinajstić information content (AvgIpc) is 2.77. The van der Waals surface area contributed by atoms with Gasteiger partial charge < -0.3 is 10.6 Å². The molecule has 3 heteroatoms. The van der Waals surface area contributed by atoms with E-state index in [1.165, 1.54) is 12.8 Å². The van der Waals surface area contributed by atoms with Crippen LogP contribution in [0, 0.1) is 0 Å². The van der Waals surface area contributed by atoms with Crippen molar-refractivity contribution in [1.82, 2.24) is 5.32 Å². The number of anilines is 1. The zero-order valence-corrected chi connectivity index (χ0v) is 11.2. The third-order valence-corrected chi connectivity index (χ3v) is 3.71. The molecule has 98 valence electrons. The van der Waals surface area contributed by atoms with Crippen LogP contribution in [0.25, 0.3) is 0 Å². The summed E-state index contributed by atoms with van der Waals surface area (Å²) in [5, 5.41) is 6.39. The smallest absolute Gasteiger partial charge is 0.241 e. The van der Waals surface area contributed by atoms with Crippen molar-refractivity contribution in [2.45, 2.75) is 51.1 Å². The first kappa shape index (κ1) is 13.1. The van der Waals surface area contributed by atoms with Gasteiger partial charge in [-0.25, -0.2) is 0 Å². The van der Waals surface area contributed by atoms with Crippen LogP contribution in [-0.2, 0) is 4.79 Å². The van der Waals surface area contributed by atoms with Crippen LogP contribution in [0.1, 0.15) is 39.5 Å². The Morgan fingerprint density at radius 2 is 1.83 bits per heavy atom. The summed E-state index contributed by atoms with van der Waals surface area (Å²) in [6.07, 6.45) is 4.85. The lowest BCUT2D eigenvalue weighted by atomic mass is 9.99. The highest BCUT2D eigenvalue weighted by Gasteiger charge is 2.31. The number of hydrogen-bond donors (Lipinski definition) is 2. The second-order valence-electron chi connectivity index (χ2n) is 5.49. The highest BCUT2D eigenvalue weighted by Crippen LogP contribution is 2.29. The van der Waals surface area contributed by atoms with E-state index in [9.17, 15) is 4.79 Å². The summed E-state index contributed by atoms with van der Waals surface area (Å²) in [5.74, 6) is 0.0364. The number of amides is 1. The molecule has 3 nitrogen and oxygen atoms in total. The molecule has 1 aromatic carbocycles. The molecule has 1 unspecified atom stereocenters. The molecule has 1 amide bonds. The van der Waals surface area contributed by atoms with Crippen LogP contribution in [0.5, 0.6) is 0 Å². The molecule has 0 spiro atoms. The third kappa shape index (κ3) is 3.33. The van der Waals surface area contributed by atoms with Crippen molar-refractivity contribution in [3.63, 3.8) is 0 Å². The molecule has 2 N–H and O–H groups in total. The summed E-state index contributed by atoms with van der Waals surface area (Å²) in [4.78, 5) is 12.1. The zero-order chi connectivity index (χ0) is 13.0. The summed E-state index contributed by atoms with van der Waals surface area (Å²) in [6.45, 7) is 4.15. The molecule has 1 saturated carbocycles. The molecule has 0 radical (unpaired) electrons. The topological polar surface area (TPSA) is 41.1 Å². The summed E-state index contributed by atoms with van der Waals surface area (Å²) in [7, 11) is 0. The minimum Gasteiger partial charge on any atom is -0.325 e. The van der Waals surface area contributed by atoms with Crippen LogP contribution in [0.15, 0.2) is 30.3 Å². The number of carbonyl (C=O) groups is 1. The van der Waals surface area contributed by atoms with Gasteiger partial charge in [-0.15, -0.1) is 0 Å². The molecule has 0 bridgehead atoms. The number of hydrogen-bond acceptors (Lipinski definition) is 2. The molecule has 1 aliphatic rings. The van der Waals surface area contributed by atoms with E-state index in [0.29, 0.717) is 0 Å². The fraction of sp³-hybridized carbons (Fsp3) is 0.533. The third-order valence-electron chi connectivity index (χ3n) is 3.71. The standard InChI is InChI=1S/C15H22N2O/c1-12(17-15(2)10-6-7-11-15)14(18)16-13-8-4-3-5-9-13/h3-5,8-9,12,17H,6-7,10-11H2,1-2H3,(H,16,18). The maximum absolute atomic E-state index is 12.1. The molecule has 0 aromatic heterocycles. The van der Waals surface area contributed by atoms with Gasteiger partial charge in [-0.2, -0.15) is 0 Å². The lowest BCUT2D eigenvalue weighted by Crippen LogP contribution is -2.49. The molecule has 0 saturated heterocycles. The van der Waals surface area contributed by atoms with Gasteiger partial charge in [-0.05, 0) is 38.8 Å². The molecular formula is C15H22N2O. The van der Waals surface area contributed by atoms with E-state index < -0.39 is 0 Å². The Balaban J connectivity index is 1.89. The Morgan fingerprint density at radius 3 is 2.44 bits per heavy atom. The Bertz CT molecular complexity index is 396. The molecule has 0 aliphatic heterocycles. The van der Waals surface area contributed by atoms with Gasteiger partial charge in [0, 0.05) is 11.2 Å². The van der Waals surface area contributed by atoms with Crippen molar-refractivity contribution in [2.75, 3.05) is 5.32 Å². The normalized spacial score (nSPS) is 19.4. The van der Waals surface area contributed by atoms with Gasteiger partial charge >= 0.3 is 0 Å². The summed E-state index contributed by atoms with van der Waals surface area (Å²) in [6, 6.07) is 9.44. The van der Waals surface area contributed by atoms with Gasteiger partial charge in [0.15, 0.2) is 0 Å². The molecule has 18 heavy (non-hydrogen) atoms. The fourth-order valence-electron chi connectivity index (χ4n) is 2.66. The quantitative estimate of drug-likeness (QED) is 0.857. The van der Waals surface area contributed by atoms with E-state index in [4.69, 9.17) is 0 Å². The van der Waals surface area contributed by atoms with E-state index in [1.54, 1.807) is 0 Å².